The molecule has 0 aliphatic carbocycles. The molecule has 0 radical (unpaired) electrons. The van der Waals surface area contributed by atoms with Crippen LogP contribution < -0.4 is 0 Å². The van der Waals surface area contributed by atoms with Crippen molar-refractivity contribution >= 4 is 21.6 Å². The third-order valence-electron chi connectivity index (χ3n) is 4.04. The number of nitrogens with zero attached hydrogens (tertiary/aromatic N) is 1. The highest BCUT2D eigenvalue weighted by Gasteiger charge is 2.31. The number of hydrogen-bond donors (Lipinski definition) is 0. The lowest BCUT2D eigenvalue weighted by atomic mass is 9.94. The van der Waals surface area contributed by atoms with E-state index in [0.717, 1.165) is 25.7 Å². The third-order valence-corrected chi connectivity index (χ3v) is 6.28. The molecule has 1 fully saturated rings. The molecule has 118 valence electrons. The number of piperidine rings is 1. The number of benzene rings is 1. The van der Waals surface area contributed by atoms with Crippen LogP contribution in [0.15, 0.2) is 23.1 Å². The van der Waals surface area contributed by atoms with E-state index < -0.39 is 15.8 Å². The number of hydrogen-bond acceptors (Lipinski definition) is 2. The molecule has 0 aromatic heterocycles. The fourth-order valence-electron chi connectivity index (χ4n) is 2.82. The van der Waals surface area contributed by atoms with Crippen molar-refractivity contribution in [2.45, 2.75) is 43.4 Å². The van der Waals surface area contributed by atoms with Gasteiger partial charge in [-0.15, -0.1) is 11.6 Å². The first kappa shape index (κ1) is 16.7. The Balaban J connectivity index is 2.16. The minimum Gasteiger partial charge on any atom is -0.207 e. The van der Waals surface area contributed by atoms with Gasteiger partial charge in [-0.3, -0.25) is 0 Å². The molecule has 1 aromatic carbocycles. The summed E-state index contributed by atoms with van der Waals surface area (Å²) in [5.41, 5.74) is 0.578. The molecule has 0 amide bonds. The Kier molecular flexibility index (Phi) is 5.63. The molecule has 6 heteroatoms. The first-order chi connectivity index (χ1) is 9.98. The molecule has 1 aliphatic heterocycles. The summed E-state index contributed by atoms with van der Waals surface area (Å²) in [7, 11) is -3.74. The normalized spacial score (nSPS) is 18.0. The highest BCUT2D eigenvalue weighted by Crippen LogP contribution is 2.27. The molecule has 0 N–H and O–H groups in total. The summed E-state index contributed by atoms with van der Waals surface area (Å²) >= 11 is 5.63. The zero-order chi connectivity index (χ0) is 15.5. The molecule has 0 saturated carbocycles. The van der Waals surface area contributed by atoms with E-state index in [1.807, 2.05) is 0 Å². The van der Waals surface area contributed by atoms with Crippen molar-refractivity contribution in [3.63, 3.8) is 0 Å². The van der Waals surface area contributed by atoms with E-state index in [4.69, 9.17) is 11.6 Å². The van der Waals surface area contributed by atoms with Crippen LogP contribution in [0.3, 0.4) is 0 Å². The second-order valence-electron chi connectivity index (χ2n) is 5.53. The molecule has 0 spiro atoms. The van der Waals surface area contributed by atoms with E-state index in [1.165, 1.54) is 16.4 Å². The lowest BCUT2D eigenvalue weighted by Gasteiger charge is -2.31. The Labute approximate surface area is 131 Å². The Morgan fingerprint density at radius 3 is 2.52 bits per heavy atom. The number of rotatable bonds is 5. The highest BCUT2D eigenvalue weighted by atomic mass is 35.5. The largest absolute Gasteiger partial charge is 0.245 e. The highest BCUT2D eigenvalue weighted by molar-refractivity contribution is 7.89. The lowest BCUT2D eigenvalue weighted by Crippen LogP contribution is -2.38. The summed E-state index contributed by atoms with van der Waals surface area (Å²) in [6.45, 7) is 3.09. The van der Waals surface area contributed by atoms with E-state index >= 15 is 0 Å². The first-order valence-corrected chi connectivity index (χ1v) is 9.31. The van der Waals surface area contributed by atoms with Crippen molar-refractivity contribution in [1.29, 1.82) is 0 Å². The van der Waals surface area contributed by atoms with Gasteiger partial charge in [0.05, 0.1) is 0 Å². The van der Waals surface area contributed by atoms with E-state index in [-0.39, 0.29) is 10.8 Å². The monoisotopic (exact) mass is 333 g/mol. The predicted octanol–water partition coefficient (Wildman–Crippen LogP) is 3.77. The Morgan fingerprint density at radius 2 is 2.00 bits per heavy atom. The quantitative estimate of drug-likeness (QED) is 0.769. The van der Waals surface area contributed by atoms with Gasteiger partial charge in [0.25, 0.3) is 0 Å². The smallest absolute Gasteiger partial charge is 0.207 e. The summed E-state index contributed by atoms with van der Waals surface area (Å²) in [6.07, 6.45) is 3.96. The Hall–Kier alpha value is -0.650. The van der Waals surface area contributed by atoms with E-state index in [9.17, 15) is 12.8 Å². The van der Waals surface area contributed by atoms with Gasteiger partial charge in [-0.2, -0.15) is 4.31 Å². The molecule has 0 bridgehead atoms. The average molecular weight is 334 g/mol. The summed E-state index contributed by atoms with van der Waals surface area (Å²) < 4.78 is 40.5. The van der Waals surface area contributed by atoms with Crippen LogP contribution in [-0.2, 0) is 15.9 Å². The van der Waals surface area contributed by atoms with E-state index in [1.54, 1.807) is 6.07 Å². The molecule has 1 heterocycles. The standard InChI is InChI=1S/C15H21ClFNO2S/c1-2-3-12-6-8-18(9-7-12)21(19,20)15-5-4-13(11-16)10-14(15)17/h4-5,10,12H,2-3,6-9,11H2,1H3. The van der Waals surface area contributed by atoms with Gasteiger partial charge in [0.15, 0.2) is 0 Å². The molecule has 2 rings (SSSR count). The summed E-state index contributed by atoms with van der Waals surface area (Å²) in [6, 6.07) is 4.08. The molecule has 1 aliphatic rings. The van der Waals surface area contributed by atoms with Gasteiger partial charge in [-0.1, -0.05) is 25.8 Å². The number of sulfonamides is 1. The van der Waals surface area contributed by atoms with Gasteiger partial charge < -0.3 is 0 Å². The van der Waals surface area contributed by atoms with Crippen LogP contribution in [0, 0.1) is 11.7 Å². The van der Waals surface area contributed by atoms with Crippen molar-refractivity contribution < 1.29 is 12.8 Å². The molecule has 0 unspecified atom stereocenters. The Morgan fingerprint density at radius 1 is 1.33 bits per heavy atom. The summed E-state index contributed by atoms with van der Waals surface area (Å²) in [4.78, 5) is -0.245. The van der Waals surface area contributed by atoms with Crippen molar-refractivity contribution in [2.75, 3.05) is 13.1 Å². The maximum absolute atomic E-state index is 14.0. The van der Waals surface area contributed by atoms with Gasteiger partial charge in [-0.25, -0.2) is 12.8 Å². The van der Waals surface area contributed by atoms with Crippen molar-refractivity contribution in [2.24, 2.45) is 5.92 Å². The average Bonchev–Trinajstić information content (AvgIpc) is 2.47. The SMILES string of the molecule is CCCC1CCN(S(=O)(=O)c2ccc(CCl)cc2F)CC1. The van der Waals surface area contributed by atoms with Crippen LogP contribution in [0.25, 0.3) is 0 Å². The van der Waals surface area contributed by atoms with Crippen LogP contribution in [0.2, 0.25) is 0 Å². The maximum atomic E-state index is 14.0. The fraction of sp³-hybridized carbons (Fsp3) is 0.600. The lowest BCUT2D eigenvalue weighted by molar-refractivity contribution is 0.262. The number of halogens is 2. The van der Waals surface area contributed by atoms with Crippen LogP contribution in [0.5, 0.6) is 0 Å². The van der Waals surface area contributed by atoms with Crippen LogP contribution in [0.1, 0.15) is 38.2 Å². The minimum atomic E-state index is -3.74. The summed E-state index contributed by atoms with van der Waals surface area (Å²) in [5, 5.41) is 0. The molecule has 1 saturated heterocycles. The molecule has 1 aromatic rings. The summed E-state index contributed by atoms with van der Waals surface area (Å²) in [5.74, 6) is 0.0355. The molecule has 3 nitrogen and oxygen atoms in total. The van der Waals surface area contributed by atoms with Crippen LogP contribution in [0.4, 0.5) is 4.39 Å². The third kappa shape index (κ3) is 3.76. The van der Waals surface area contributed by atoms with Crippen LogP contribution >= 0.6 is 11.6 Å². The maximum Gasteiger partial charge on any atom is 0.245 e. The molecule has 21 heavy (non-hydrogen) atoms. The molecular formula is C15H21ClFNO2S. The zero-order valence-electron chi connectivity index (χ0n) is 12.2. The van der Waals surface area contributed by atoms with Crippen LogP contribution in [-0.4, -0.2) is 25.8 Å². The fourth-order valence-corrected chi connectivity index (χ4v) is 4.50. The number of alkyl halides is 1. The predicted molar refractivity (Wildman–Crippen MR) is 82.3 cm³/mol. The van der Waals surface area contributed by atoms with Gasteiger partial charge in [0.1, 0.15) is 10.7 Å². The van der Waals surface area contributed by atoms with Gasteiger partial charge >= 0.3 is 0 Å². The van der Waals surface area contributed by atoms with Gasteiger partial charge in [0, 0.05) is 19.0 Å². The Bertz CT molecular complexity index is 583. The second kappa shape index (κ2) is 7.07. The van der Waals surface area contributed by atoms with E-state index in [0.29, 0.717) is 24.6 Å². The zero-order valence-corrected chi connectivity index (χ0v) is 13.8. The van der Waals surface area contributed by atoms with Crippen molar-refractivity contribution in [3.8, 4) is 0 Å². The van der Waals surface area contributed by atoms with E-state index in [2.05, 4.69) is 6.92 Å². The van der Waals surface area contributed by atoms with Crippen molar-refractivity contribution in [3.05, 3.63) is 29.6 Å². The molecule has 0 atom stereocenters. The topological polar surface area (TPSA) is 37.4 Å². The van der Waals surface area contributed by atoms with Gasteiger partial charge in [-0.05, 0) is 36.5 Å². The molecular weight excluding hydrogens is 313 g/mol. The minimum absolute atomic E-state index is 0.166. The van der Waals surface area contributed by atoms with Gasteiger partial charge in [0.2, 0.25) is 10.0 Å². The second-order valence-corrected chi connectivity index (χ2v) is 7.71. The first-order valence-electron chi connectivity index (χ1n) is 7.33. The van der Waals surface area contributed by atoms with Crippen molar-refractivity contribution in [1.82, 2.24) is 4.31 Å².